The second kappa shape index (κ2) is 4.08. The van der Waals surface area contributed by atoms with Gasteiger partial charge in [-0.15, -0.1) is 11.3 Å². The van der Waals surface area contributed by atoms with Crippen molar-refractivity contribution < 1.29 is 8.42 Å². The van der Waals surface area contributed by atoms with E-state index in [9.17, 15) is 8.42 Å². The zero-order valence-electron chi connectivity index (χ0n) is 7.48. The highest BCUT2D eigenvalue weighted by atomic mass is 79.9. The average molecular weight is 302 g/mol. The van der Waals surface area contributed by atoms with E-state index in [2.05, 4.69) is 22.0 Å². The lowest BCUT2D eigenvalue weighted by Gasteiger charge is -2.01. The molecular weight excluding hydrogens is 296 g/mol. The number of halogens is 1. The number of rotatable bonds is 2. The summed E-state index contributed by atoms with van der Waals surface area (Å²) in [5.41, 5.74) is 0. The molecule has 1 aromatic heterocycles. The second-order valence-corrected chi connectivity index (χ2v) is 6.67. The molecular formula is C10H6BrO2S2. The first-order chi connectivity index (χ1) is 7.12. The van der Waals surface area contributed by atoms with Crippen molar-refractivity contribution in [2.24, 2.45) is 0 Å². The largest absolute Gasteiger partial charge is 0.218 e. The van der Waals surface area contributed by atoms with Gasteiger partial charge in [0.25, 0.3) is 0 Å². The van der Waals surface area contributed by atoms with Crippen LogP contribution in [0.5, 0.6) is 0 Å². The van der Waals surface area contributed by atoms with Crippen LogP contribution < -0.4 is 0 Å². The molecule has 0 amide bonds. The minimum absolute atomic E-state index is 0.202. The van der Waals surface area contributed by atoms with Crippen LogP contribution in [0.3, 0.4) is 0 Å². The fraction of sp³-hybridized carbons (Fsp3) is 0. The summed E-state index contributed by atoms with van der Waals surface area (Å²) in [6, 6.07) is 11.0. The van der Waals surface area contributed by atoms with Crippen LogP contribution in [0.1, 0.15) is 0 Å². The zero-order valence-corrected chi connectivity index (χ0v) is 10.7. The molecule has 0 N–H and O–H groups in total. The van der Waals surface area contributed by atoms with Gasteiger partial charge in [0.05, 0.1) is 4.90 Å². The summed E-state index contributed by atoms with van der Waals surface area (Å²) in [7, 11) is -3.41. The molecule has 0 atom stereocenters. The summed E-state index contributed by atoms with van der Waals surface area (Å²) >= 11 is 4.41. The first-order valence-corrected chi connectivity index (χ1v) is 7.23. The molecule has 0 saturated carbocycles. The van der Waals surface area contributed by atoms with Crippen molar-refractivity contribution in [1.29, 1.82) is 0 Å². The Labute approximate surface area is 101 Å². The van der Waals surface area contributed by atoms with Gasteiger partial charge in [-0.25, -0.2) is 8.42 Å². The third kappa shape index (κ3) is 2.00. The van der Waals surface area contributed by atoms with Gasteiger partial charge >= 0.3 is 0 Å². The lowest BCUT2D eigenvalue weighted by Crippen LogP contribution is -1.99. The van der Waals surface area contributed by atoms with Crippen LogP contribution in [0.15, 0.2) is 49.3 Å². The van der Waals surface area contributed by atoms with E-state index in [1.54, 1.807) is 35.7 Å². The lowest BCUT2D eigenvalue weighted by molar-refractivity contribution is 0.597. The van der Waals surface area contributed by atoms with E-state index >= 15 is 0 Å². The summed E-state index contributed by atoms with van der Waals surface area (Å²) in [6.45, 7) is 0. The van der Waals surface area contributed by atoms with E-state index in [-0.39, 0.29) is 4.90 Å². The summed E-state index contributed by atoms with van der Waals surface area (Å²) < 4.78 is 25.1. The Hall–Kier alpha value is -0.650. The van der Waals surface area contributed by atoms with Gasteiger partial charge in [0, 0.05) is 10.5 Å². The molecule has 0 aliphatic heterocycles. The Balaban J connectivity index is 2.60. The molecule has 5 heteroatoms. The van der Waals surface area contributed by atoms with Crippen LogP contribution >= 0.6 is 27.3 Å². The maximum absolute atomic E-state index is 12.1. The predicted molar refractivity (Wildman–Crippen MR) is 62.7 cm³/mol. The molecule has 2 rings (SSSR count). The van der Waals surface area contributed by atoms with Crippen molar-refractivity contribution in [3.63, 3.8) is 0 Å². The van der Waals surface area contributed by atoms with Gasteiger partial charge in [-0.1, -0.05) is 18.2 Å². The summed E-state index contributed by atoms with van der Waals surface area (Å²) in [5, 5.41) is 1.74. The lowest BCUT2D eigenvalue weighted by atomic mass is 10.4. The van der Waals surface area contributed by atoms with Gasteiger partial charge < -0.3 is 0 Å². The van der Waals surface area contributed by atoms with Gasteiger partial charge in [0.1, 0.15) is 4.21 Å². The molecule has 1 heterocycles. The van der Waals surface area contributed by atoms with Gasteiger partial charge in [-0.2, -0.15) is 0 Å². The minimum atomic E-state index is -3.41. The Morgan fingerprint density at radius 2 is 2.07 bits per heavy atom. The van der Waals surface area contributed by atoms with Crippen LogP contribution in [-0.2, 0) is 9.84 Å². The van der Waals surface area contributed by atoms with Crippen LogP contribution in [0, 0.1) is 6.07 Å². The van der Waals surface area contributed by atoms with E-state index in [1.807, 2.05) is 0 Å². The van der Waals surface area contributed by atoms with Gasteiger partial charge in [0.2, 0.25) is 9.84 Å². The van der Waals surface area contributed by atoms with Crippen molar-refractivity contribution in [2.75, 3.05) is 0 Å². The molecule has 2 nitrogen and oxygen atoms in total. The second-order valence-electron chi connectivity index (χ2n) is 2.79. The van der Waals surface area contributed by atoms with Gasteiger partial charge in [-0.05, 0) is 33.4 Å². The zero-order chi connectivity index (χ0) is 10.9. The number of benzene rings is 1. The summed E-state index contributed by atoms with van der Waals surface area (Å²) in [4.78, 5) is 0.202. The Morgan fingerprint density at radius 1 is 1.27 bits per heavy atom. The maximum Gasteiger partial charge on any atom is 0.217 e. The first kappa shape index (κ1) is 10.9. The molecule has 2 aromatic rings. The quantitative estimate of drug-likeness (QED) is 0.854. The van der Waals surface area contributed by atoms with Crippen molar-refractivity contribution in [3.8, 4) is 0 Å². The van der Waals surface area contributed by atoms with E-state index in [1.165, 1.54) is 11.3 Å². The standard InChI is InChI=1S/C10H6BrO2S2/c11-9-6-7-14-10(9)15(12,13)8-4-2-1-3-5-8/h1-4,6-7H. The number of sulfone groups is 1. The molecule has 0 unspecified atom stereocenters. The monoisotopic (exact) mass is 301 g/mol. The van der Waals surface area contributed by atoms with Crippen molar-refractivity contribution in [3.05, 3.63) is 46.3 Å². The van der Waals surface area contributed by atoms with Crippen molar-refractivity contribution >= 4 is 37.1 Å². The Bertz CT molecular complexity index is 558. The van der Waals surface area contributed by atoms with E-state index in [4.69, 9.17) is 0 Å². The molecule has 0 spiro atoms. The summed E-state index contributed by atoms with van der Waals surface area (Å²) in [5.74, 6) is 0. The third-order valence-corrected chi connectivity index (χ3v) is 6.18. The highest BCUT2D eigenvalue weighted by Gasteiger charge is 2.21. The highest BCUT2D eigenvalue weighted by Crippen LogP contribution is 2.31. The fourth-order valence-corrected chi connectivity index (χ4v) is 4.80. The highest BCUT2D eigenvalue weighted by molar-refractivity contribution is 9.10. The molecule has 0 aliphatic rings. The first-order valence-electron chi connectivity index (χ1n) is 4.07. The van der Waals surface area contributed by atoms with Crippen LogP contribution in [0.25, 0.3) is 0 Å². The third-order valence-electron chi connectivity index (χ3n) is 1.80. The molecule has 15 heavy (non-hydrogen) atoms. The average Bonchev–Trinajstić information content (AvgIpc) is 2.66. The molecule has 77 valence electrons. The molecule has 0 bridgehead atoms. The Kier molecular flexibility index (Phi) is 2.95. The normalized spacial score (nSPS) is 11.5. The van der Waals surface area contributed by atoms with Gasteiger partial charge in [-0.3, -0.25) is 0 Å². The minimum Gasteiger partial charge on any atom is -0.218 e. The van der Waals surface area contributed by atoms with Crippen LogP contribution in [0.4, 0.5) is 0 Å². The number of hydrogen-bond acceptors (Lipinski definition) is 3. The molecule has 1 aromatic carbocycles. The fourth-order valence-electron chi connectivity index (χ4n) is 1.12. The predicted octanol–water partition coefficient (Wildman–Crippen LogP) is 3.14. The molecule has 1 radical (unpaired) electrons. The van der Waals surface area contributed by atoms with E-state index in [0.29, 0.717) is 8.68 Å². The SMILES string of the molecule is O=S(=O)(c1[c]cccc1)c1sccc1Br. The molecule has 0 aliphatic carbocycles. The van der Waals surface area contributed by atoms with Crippen molar-refractivity contribution in [2.45, 2.75) is 9.10 Å². The smallest absolute Gasteiger partial charge is 0.217 e. The maximum atomic E-state index is 12.1. The van der Waals surface area contributed by atoms with E-state index < -0.39 is 9.84 Å². The topological polar surface area (TPSA) is 34.1 Å². The summed E-state index contributed by atoms with van der Waals surface area (Å²) in [6.07, 6.45) is 0. The molecule has 0 saturated heterocycles. The van der Waals surface area contributed by atoms with E-state index in [0.717, 1.165) is 0 Å². The van der Waals surface area contributed by atoms with Crippen molar-refractivity contribution in [1.82, 2.24) is 0 Å². The van der Waals surface area contributed by atoms with Gasteiger partial charge in [0.15, 0.2) is 0 Å². The van der Waals surface area contributed by atoms with Crippen LogP contribution in [-0.4, -0.2) is 8.42 Å². The number of hydrogen-bond donors (Lipinski definition) is 0. The number of thiophene rings is 1. The molecule has 0 fully saturated rings. The Morgan fingerprint density at radius 3 is 2.60 bits per heavy atom. The van der Waals surface area contributed by atoms with Crippen LogP contribution in [0.2, 0.25) is 0 Å².